The molecule has 1 saturated carbocycles. The molecule has 0 aromatic carbocycles. The van der Waals surface area contributed by atoms with Crippen molar-refractivity contribution in [1.82, 2.24) is 5.01 Å². The summed E-state index contributed by atoms with van der Waals surface area (Å²) in [6.07, 6.45) is 5.22. The number of hydrogen-bond donors (Lipinski definition) is 0. The summed E-state index contributed by atoms with van der Waals surface area (Å²) >= 11 is 0. The largest absolute Gasteiger partial charge is 0.273 e. The monoisotopic (exact) mass is 236 g/mol. The quantitative estimate of drug-likeness (QED) is 0.688. The highest BCUT2D eigenvalue weighted by Gasteiger charge is 2.35. The first-order valence-corrected chi connectivity index (χ1v) is 6.74. The van der Waals surface area contributed by atoms with Crippen LogP contribution in [0.2, 0.25) is 0 Å². The molecule has 0 N–H and O–H groups in total. The second-order valence-corrected chi connectivity index (χ2v) is 6.62. The van der Waals surface area contributed by atoms with Gasteiger partial charge in [-0.1, -0.05) is 20.8 Å². The first-order chi connectivity index (χ1) is 7.88. The number of carbonyl (C=O) groups is 1. The summed E-state index contributed by atoms with van der Waals surface area (Å²) in [7, 11) is 0. The lowest BCUT2D eigenvalue weighted by atomic mass is 9.71. The van der Waals surface area contributed by atoms with Crippen LogP contribution < -0.4 is 0 Å². The van der Waals surface area contributed by atoms with Crippen LogP contribution in [0.1, 0.15) is 59.8 Å². The maximum absolute atomic E-state index is 11.8. The van der Waals surface area contributed by atoms with Gasteiger partial charge in [0.2, 0.25) is 5.91 Å². The van der Waals surface area contributed by atoms with Gasteiger partial charge < -0.3 is 0 Å². The smallest absolute Gasteiger partial charge is 0.248 e. The van der Waals surface area contributed by atoms with E-state index >= 15 is 0 Å². The van der Waals surface area contributed by atoms with Crippen LogP contribution in [0.25, 0.3) is 0 Å². The average molecular weight is 236 g/mol. The molecule has 0 saturated heterocycles. The van der Waals surface area contributed by atoms with Gasteiger partial charge in [-0.25, -0.2) is 5.01 Å². The van der Waals surface area contributed by atoms with E-state index in [1.165, 1.54) is 12.8 Å². The molecule has 96 valence electrons. The Bertz CT molecular complexity index is 333. The minimum absolute atomic E-state index is 0.196. The third-order valence-corrected chi connectivity index (χ3v) is 4.21. The third-order valence-electron chi connectivity index (χ3n) is 4.21. The summed E-state index contributed by atoms with van der Waals surface area (Å²) in [5.74, 6) is 0.989. The molecular formula is C14H24N2O. The molecule has 17 heavy (non-hydrogen) atoms. The van der Waals surface area contributed by atoms with Crippen molar-refractivity contribution in [2.45, 2.75) is 65.8 Å². The number of carbonyl (C=O) groups excluding carboxylic acids is 1. The van der Waals surface area contributed by atoms with Gasteiger partial charge in [-0.15, -0.1) is 0 Å². The molecule has 3 heteroatoms. The van der Waals surface area contributed by atoms with Crippen molar-refractivity contribution in [1.29, 1.82) is 0 Å². The maximum atomic E-state index is 11.8. The van der Waals surface area contributed by atoms with E-state index in [-0.39, 0.29) is 5.91 Å². The molecule has 1 heterocycles. The number of hydrazone groups is 1. The van der Waals surface area contributed by atoms with Gasteiger partial charge in [0, 0.05) is 5.71 Å². The third kappa shape index (κ3) is 2.70. The Morgan fingerprint density at radius 2 is 1.76 bits per heavy atom. The first-order valence-electron chi connectivity index (χ1n) is 6.74. The Morgan fingerprint density at radius 3 is 2.18 bits per heavy atom. The highest BCUT2D eigenvalue weighted by atomic mass is 16.2. The van der Waals surface area contributed by atoms with Gasteiger partial charge >= 0.3 is 0 Å². The molecule has 1 amide bonds. The zero-order valence-corrected chi connectivity index (χ0v) is 11.5. The highest BCUT2D eigenvalue weighted by molar-refractivity contribution is 6.03. The van der Waals surface area contributed by atoms with E-state index in [1.54, 1.807) is 5.01 Å². The van der Waals surface area contributed by atoms with E-state index in [9.17, 15) is 4.79 Å². The Kier molecular flexibility index (Phi) is 3.28. The van der Waals surface area contributed by atoms with E-state index in [4.69, 9.17) is 0 Å². The number of nitrogens with zero attached hydrogens (tertiary/aromatic N) is 2. The molecular weight excluding hydrogens is 212 g/mol. The standard InChI is InChI=1S/C14H24N2O/c1-10-9-13(17)16(15-10)12-7-5-11(6-8-12)14(2,3)4/h11-12H,5-9H2,1-4H3. The summed E-state index contributed by atoms with van der Waals surface area (Å²) in [6.45, 7) is 8.91. The van der Waals surface area contributed by atoms with E-state index < -0.39 is 0 Å². The molecule has 0 radical (unpaired) electrons. The minimum atomic E-state index is 0.196. The summed E-state index contributed by atoms with van der Waals surface area (Å²) in [5.41, 5.74) is 1.37. The topological polar surface area (TPSA) is 32.7 Å². The van der Waals surface area contributed by atoms with Crippen molar-refractivity contribution in [3.05, 3.63) is 0 Å². The van der Waals surface area contributed by atoms with Crippen LogP contribution in [-0.4, -0.2) is 22.7 Å². The van der Waals surface area contributed by atoms with Gasteiger partial charge in [-0.05, 0) is 43.9 Å². The molecule has 0 atom stereocenters. The second-order valence-electron chi connectivity index (χ2n) is 6.62. The lowest BCUT2D eigenvalue weighted by Gasteiger charge is -2.38. The molecule has 2 aliphatic rings. The molecule has 2 rings (SSSR count). The Hall–Kier alpha value is -0.860. The second kappa shape index (κ2) is 4.43. The Labute approximate surface area is 104 Å². The van der Waals surface area contributed by atoms with E-state index in [1.807, 2.05) is 6.92 Å². The van der Waals surface area contributed by atoms with Gasteiger partial charge in [-0.2, -0.15) is 5.10 Å². The van der Waals surface area contributed by atoms with Crippen molar-refractivity contribution in [3.63, 3.8) is 0 Å². The van der Waals surface area contributed by atoms with Gasteiger partial charge in [-0.3, -0.25) is 4.79 Å². The van der Waals surface area contributed by atoms with Gasteiger partial charge in [0.25, 0.3) is 0 Å². The molecule has 0 spiro atoms. The van der Waals surface area contributed by atoms with Crippen LogP contribution in [0, 0.1) is 11.3 Å². The molecule has 1 aliphatic heterocycles. The van der Waals surface area contributed by atoms with E-state index in [2.05, 4.69) is 25.9 Å². The first kappa shape index (κ1) is 12.6. The molecule has 1 fully saturated rings. The van der Waals surface area contributed by atoms with Gasteiger partial charge in [0.1, 0.15) is 0 Å². The summed E-state index contributed by atoms with van der Waals surface area (Å²) in [4.78, 5) is 11.8. The molecule has 1 aliphatic carbocycles. The zero-order valence-electron chi connectivity index (χ0n) is 11.5. The van der Waals surface area contributed by atoms with Crippen LogP contribution in [0.3, 0.4) is 0 Å². The lowest BCUT2D eigenvalue weighted by Crippen LogP contribution is -2.38. The normalized spacial score (nSPS) is 30.7. The fourth-order valence-electron chi connectivity index (χ4n) is 3.05. The summed E-state index contributed by atoms with van der Waals surface area (Å²) < 4.78 is 0. The Balaban J connectivity index is 1.94. The fourth-order valence-corrected chi connectivity index (χ4v) is 3.05. The van der Waals surface area contributed by atoms with Crippen LogP contribution in [0.15, 0.2) is 5.10 Å². The van der Waals surface area contributed by atoms with Gasteiger partial charge in [0.15, 0.2) is 0 Å². The number of amides is 1. The highest BCUT2D eigenvalue weighted by Crippen LogP contribution is 2.39. The van der Waals surface area contributed by atoms with E-state index in [0.717, 1.165) is 24.5 Å². The summed E-state index contributed by atoms with van der Waals surface area (Å²) in [5, 5.41) is 6.14. The summed E-state index contributed by atoms with van der Waals surface area (Å²) in [6, 6.07) is 0.360. The fraction of sp³-hybridized carbons (Fsp3) is 0.857. The molecule has 3 nitrogen and oxygen atoms in total. The number of rotatable bonds is 1. The van der Waals surface area contributed by atoms with Crippen molar-refractivity contribution < 1.29 is 4.79 Å². The molecule has 0 unspecified atom stereocenters. The Morgan fingerprint density at radius 1 is 1.18 bits per heavy atom. The molecule has 0 bridgehead atoms. The van der Waals surface area contributed by atoms with Gasteiger partial charge in [0.05, 0.1) is 12.5 Å². The predicted octanol–water partition coefficient (Wildman–Crippen LogP) is 3.20. The molecule has 0 aromatic heterocycles. The van der Waals surface area contributed by atoms with Crippen molar-refractivity contribution >= 4 is 11.6 Å². The average Bonchev–Trinajstić information content (AvgIpc) is 2.57. The van der Waals surface area contributed by atoms with Crippen molar-refractivity contribution in [3.8, 4) is 0 Å². The van der Waals surface area contributed by atoms with Crippen molar-refractivity contribution in [2.24, 2.45) is 16.4 Å². The number of hydrogen-bond acceptors (Lipinski definition) is 2. The molecule has 0 aromatic rings. The SMILES string of the molecule is CC1=NN(C2CCC(C(C)(C)C)CC2)C(=O)C1. The van der Waals surface area contributed by atoms with Crippen LogP contribution >= 0.6 is 0 Å². The maximum Gasteiger partial charge on any atom is 0.248 e. The minimum Gasteiger partial charge on any atom is -0.273 e. The van der Waals surface area contributed by atoms with Crippen LogP contribution in [0.4, 0.5) is 0 Å². The van der Waals surface area contributed by atoms with E-state index in [0.29, 0.717) is 17.9 Å². The van der Waals surface area contributed by atoms with Crippen LogP contribution in [-0.2, 0) is 4.79 Å². The zero-order chi connectivity index (χ0) is 12.6. The van der Waals surface area contributed by atoms with Crippen molar-refractivity contribution in [2.75, 3.05) is 0 Å². The lowest BCUT2D eigenvalue weighted by molar-refractivity contribution is -0.131. The predicted molar refractivity (Wildman–Crippen MR) is 69.8 cm³/mol. The van der Waals surface area contributed by atoms with Crippen LogP contribution in [0.5, 0.6) is 0 Å².